The second-order valence-corrected chi connectivity index (χ2v) is 6.71. The van der Waals surface area contributed by atoms with E-state index in [2.05, 4.69) is 26.8 Å². The fourth-order valence-corrected chi connectivity index (χ4v) is 2.83. The SMILES string of the molecule is CCCCCCCCC(C)(C#N)CCCCCCCC.P. The molecule has 0 amide bonds. The summed E-state index contributed by atoms with van der Waals surface area (Å²) >= 11 is 0. The number of unbranched alkanes of at least 4 members (excludes halogenated alkanes) is 10. The molecule has 0 radical (unpaired) electrons. The Bertz CT molecular complexity index is 228. The summed E-state index contributed by atoms with van der Waals surface area (Å²) in [5.74, 6) is 0. The average Bonchev–Trinajstić information content (AvgIpc) is 2.46. The molecule has 0 aromatic heterocycles. The molecular weight excluding hydrogens is 273 g/mol. The summed E-state index contributed by atoms with van der Waals surface area (Å²) in [5, 5.41) is 9.42. The lowest BCUT2D eigenvalue weighted by atomic mass is 9.81. The molecule has 1 atom stereocenters. The molecule has 0 aromatic rings. The molecular formula is C19H40NP. The van der Waals surface area contributed by atoms with Gasteiger partial charge in [-0.25, -0.2) is 0 Å². The fraction of sp³-hybridized carbons (Fsp3) is 0.947. The highest BCUT2D eigenvalue weighted by Crippen LogP contribution is 2.30. The van der Waals surface area contributed by atoms with Gasteiger partial charge in [0.25, 0.3) is 0 Å². The van der Waals surface area contributed by atoms with Gasteiger partial charge in [0.15, 0.2) is 0 Å². The molecule has 0 aliphatic heterocycles. The van der Waals surface area contributed by atoms with Crippen LogP contribution in [-0.2, 0) is 0 Å². The molecule has 0 rings (SSSR count). The third kappa shape index (κ3) is 14.6. The first-order valence-corrected chi connectivity index (χ1v) is 9.09. The van der Waals surface area contributed by atoms with Crippen molar-refractivity contribution in [2.75, 3.05) is 0 Å². The maximum Gasteiger partial charge on any atom is 0.0686 e. The number of nitriles is 1. The van der Waals surface area contributed by atoms with E-state index in [-0.39, 0.29) is 15.3 Å². The Morgan fingerprint density at radius 3 is 1.33 bits per heavy atom. The molecule has 0 saturated heterocycles. The lowest BCUT2D eigenvalue weighted by molar-refractivity contribution is 0.338. The molecule has 0 aliphatic carbocycles. The van der Waals surface area contributed by atoms with Gasteiger partial charge in [-0.3, -0.25) is 0 Å². The van der Waals surface area contributed by atoms with E-state index >= 15 is 0 Å². The Morgan fingerprint density at radius 1 is 0.667 bits per heavy atom. The van der Waals surface area contributed by atoms with E-state index in [1.165, 1.54) is 77.0 Å². The van der Waals surface area contributed by atoms with E-state index in [9.17, 15) is 5.26 Å². The van der Waals surface area contributed by atoms with Crippen LogP contribution in [0.4, 0.5) is 0 Å². The molecule has 0 saturated carbocycles. The highest BCUT2D eigenvalue weighted by molar-refractivity contribution is 6.92. The quantitative estimate of drug-likeness (QED) is 0.248. The molecule has 126 valence electrons. The molecule has 0 N–H and O–H groups in total. The first-order chi connectivity index (χ1) is 9.68. The van der Waals surface area contributed by atoms with Crippen molar-refractivity contribution in [2.45, 2.75) is 111 Å². The topological polar surface area (TPSA) is 23.8 Å². The second kappa shape index (κ2) is 16.3. The monoisotopic (exact) mass is 313 g/mol. The number of hydrogen-bond donors (Lipinski definition) is 0. The van der Waals surface area contributed by atoms with Crippen LogP contribution in [-0.4, -0.2) is 0 Å². The molecule has 0 bridgehead atoms. The zero-order chi connectivity index (χ0) is 15.1. The summed E-state index contributed by atoms with van der Waals surface area (Å²) in [7, 11) is 0. The maximum absolute atomic E-state index is 9.42. The van der Waals surface area contributed by atoms with Gasteiger partial charge >= 0.3 is 0 Å². The van der Waals surface area contributed by atoms with Crippen LogP contribution < -0.4 is 0 Å². The molecule has 1 nitrogen and oxygen atoms in total. The summed E-state index contributed by atoms with van der Waals surface area (Å²) in [6.45, 7) is 6.69. The number of rotatable bonds is 14. The average molecular weight is 314 g/mol. The molecule has 1 unspecified atom stereocenters. The standard InChI is InChI=1S/C19H37N.H3P/c1-4-6-8-10-12-14-16-19(3,18-20)17-15-13-11-9-7-5-2;/h4-17H2,1-3H3;1H3. The first kappa shape index (κ1) is 23.2. The van der Waals surface area contributed by atoms with Gasteiger partial charge in [-0.05, 0) is 19.8 Å². The summed E-state index contributed by atoms with van der Waals surface area (Å²) in [6, 6.07) is 2.58. The van der Waals surface area contributed by atoms with E-state index in [4.69, 9.17) is 0 Å². The van der Waals surface area contributed by atoms with E-state index in [0.29, 0.717) is 0 Å². The van der Waals surface area contributed by atoms with Crippen LogP contribution in [0.5, 0.6) is 0 Å². The third-order valence-corrected chi connectivity index (χ3v) is 4.43. The smallest absolute Gasteiger partial charge is 0.0686 e. The minimum Gasteiger partial charge on any atom is -0.198 e. The predicted octanol–water partition coefficient (Wildman–Crippen LogP) is 7.08. The largest absolute Gasteiger partial charge is 0.198 e. The molecule has 0 heterocycles. The van der Waals surface area contributed by atoms with Crippen molar-refractivity contribution in [1.82, 2.24) is 0 Å². The highest BCUT2D eigenvalue weighted by atomic mass is 31.0. The van der Waals surface area contributed by atoms with Gasteiger partial charge in [0.05, 0.1) is 11.5 Å². The molecule has 0 aromatic carbocycles. The molecule has 2 heteroatoms. The fourth-order valence-electron chi connectivity index (χ4n) is 2.83. The molecule has 0 aliphatic rings. The Morgan fingerprint density at radius 2 is 1.00 bits per heavy atom. The predicted molar refractivity (Wildman–Crippen MR) is 101 cm³/mol. The van der Waals surface area contributed by atoms with Gasteiger partial charge in [-0.15, -0.1) is 0 Å². The van der Waals surface area contributed by atoms with Crippen LogP contribution in [0, 0.1) is 16.7 Å². The minimum atomic E-state index is -0.0600. The van der Waals surface area contributed by atoms with Crippen LogP contribution >= 0.6 is 9.90 Å². The summed E-state index contributed by atoms with van der Waals surface area (Å²) in [5.41, 5.74) is -0.0600. The van der Waals surface area contributed by atoms with E-state index in [0.717, 1.165) is 12.8 Å². The summed E-state index contributed by atoms with van der Waals surface area (Å²) in [6.07, 6.45) is 18.1. The van der Waals surface area contributed by atoms with E-state index in [1.54, 1.807) is 0 Å². The first-order valence-electron chi connectivity index (χ1n) is 9.09. The Hall–Kier alpha value is -0.0800. The molecule has 21 heavy (non-hydrogen) atoms. The Balaban J connectivity index is 0. The highest BCUT2D eigenvalue weighted by Gasteiger charge is 2.22. The normalized spacial score (nSPS) is 11.0. The van der Waals surface area contributed by atoms with E-state index in [1.807, 2.05) is 0 Å². The van der Waals surface area contributed by atoms with Crippen LogP contribution in [0.1, 0.15) is 111 Å². The van der Waals surface area contributed by atoms with Crippen molar-refractivity contribution in [1.29, 1.82) is 5.26 Å². The van der Waals surface area contributed by atoms with Crippen molar-refractivity contribution < 1.29 is 0 Å². The zero-order valence-corrected chi connectivity index (χ0v) is 16.5. The van der Waals surface area contributed by atoms with Crippen LogP contribution in [0.25, 0.3) is 0 Å². The number of nitrogens with zero attached hydrogens (tertiary/aromatic N) is 1. The minimum absolute atomic E-state index is 0. The van der Waals surface area contributed by atoms with Crippen molar-refractivity contribution >= 4 is 9.90 Å². The maximum atomic E-state index is 9.42. The van der Waals surface area contributed by atoms with Gasteiger partial charge in [0.1, 0.15) is 0 Å². The van der Waals surface area contributed by atoms with Gasteiger partial charge in [-0.2, -0.15) is 15.2 Å². The van der Waals surface area contributed by atoms with Crippen LogP contribution in [0.3, 0.4) is 0 Å². The van der Waals surface area contributed by atoms with Gasteiger partial charge < -0.3 is 0 Å². The van der Waals surface area contributed by atoms with E-state index < -0.39 is 0 Å². The van der Waals surface area contributed by atoms with Crippen molar-refractivity contribution in [3.8, 4) is 6.07 Å². The molecule has 0 fully saturated rings. The third-order valence-electron chi connectivity index (χ3n) is 4.43. The summed E-state index contributed by atoms with van der Waals surface area (Å²) < 4.78 is 0. The lowest BCUT2D eigenvalue weighted by Gasteiger charge is -2.21. The van der Waals surface area contributed by atoms with Gasteiger partial charge in [-0.1, -0.05) is 90.9 Å². The van der Waals surface area contributed by atoms with Crippen LogP contribution in [0.15, 0.2) is 0 Å². The number of hydrogen-bond acceptors (Lipinski definition) is 1. The van der Waals surface area contributed by atoms with Gasteiger partial charge in [0.2, 0.25) is 0 Å². The van der Waals surface area contributed by atoms with Crippen molar-refractivity contribution in [3.63, 3.8) is 0 Å². The summed E-state index contributed by atoms with van der Waals surface area (Å²) in [4.78, 5) is 0. The zero-order valence-electron chi connectivity index (χ0n) is 15.1. The Labute approximate surface area is 137 Å². The Kier molecular flexibility index (Phi) is 18.0. The lowest BCUT2D eigenvalue weighted by Crippen LogP contribution is -2.13. The molecule has 0 spiro atoms. The second-order valence-electron chi connectivity index (χ2n) is 6.71. The van der Waals surface area contributed by atoms with Crippen molar-refractivity contribution in [2.24, 2.45) is 5.41 Å². The van der Waals surface area contributed by atoms with Crippen LogP contribution in [0.2, 0.25) is 0 Å². The van der Waals surface area contributed by atoms with Gasteiger partial charge in [0, 0.05) is 0 Å². The van der Waals surface area contributed by atoms with Crippen molar-refractivity contribution in [3.05, 3.63) is 0 Å².